The first-order valence-corrected chi connectivity index (χ1v) is 10.7. The minimum absolute atomic E-state index is 0.0494. The molecule has 6 nitrogen and oxygen atoms in total. The second kappa shape index (κ2) is 9.34. The quantitative estimate of drug-likeness (QED) is 0.546. The number of anilines is 2. The zero-order chi connectivity index (χ0) is 22.7. The molecule has 0 aliphatic carbocycles. The molecule has 0 spiro atoms. The molecule has 1 unspecified atom stereocenters. The predicted octanol–water partition coefficient (Wildman–Crippen LogP) is 4.51. The standard InChI is InChI=1S/C25H23ClN4O2/c1-30(22(31)13-14-27)19-10-8-18(9-11-19)28-24(16-5-3-2-4-6-16)23-20-12-7-17(26)15-21(20)29-25(23)32/h2-12,15,23H,13-14,27H2,1H3,(H,29,32). The molecule has 1 atom stereocenters. The summed E-state index contributed by atoms with van der Waals surface area (Å²) >= 11 is 6.11. The molecule has 3 N–H and O–H groups in total. The van der Waals surface area contributed by atoms with Gasteiger partial charge >= 0.3 is 0 Å². The Morgan fingerprint density at radius 1 is 1.09 bits per heavy atom. The van der Waals surface area contributed by atoms with Crippen LogP contribution in [0, 0.1) is 0 Å². The molecule has 1 aliphatic heterocycles. The highest BCUT2D eigenvalue weighted by Gasteiger charge is 2.35. The number of fused-ring (bicyclic) bond motifs is 1. The topological polar surface area (TPSA) is 87.8 Å². The lowest BCUT2D eigenvalue weighted by Crippen LogP contribution is -2.27. The van der Waals surface area contributed by atoms with Gasteiger partial charge in [0.15, 0.2) is 0 Å². The Morgan fingerprint density at radius 3 is 2.50 bits per heavy atom. The van der Waals surface area contributed by atoms with Crippen molar-refractivity contribution in [2.24, 2.45) is 10.7 Å². The molecule has 0 fully saturated rings. The van der Waals surface area contributed by atoms with E-state index >= 15 is 0 Å². The van der Waals surface area contributed by atoms with Gasteiger partial charge in [-0.05, 0) is 47.5 Å². The summed E-state index contributed by atoms with van der Waals surface area (Å²) < 4.78 is 0. The van der Waals surface area contributed by atoms with E-state index in [0.717, 1.165) is 16.8 Å². The molecule has 7 heteroatoms. The lowest BCUT2D eigenvalue weighted by Gasteiger charge is -2.17. The number of nitrogens with one attached hydrogen (secondary N) is 1. The van der Waals surface area contributed by atoms with E-state index in [1.165, 1.54) is 0 Å². The Morgan fingerprint density at radius 2 is 1.81 bits per heavy atom. The monoisotopic (exact) mass is 446 g/mol. The van der Waals surface area contributed by atoms with Gasteiger partial charge in [0.05, 0.1) is 11.4 Å². The number of rotatable bonds is 6. The zero-order valence-corrected chi connectivity index (χ0v) is 18.3. The van der Waals surface area contributed by atoms with Crippen LogP contribution in [0.5, 0.6) is 0 Å². The minimum Gasteiger partial charge on any atom is -0.330 e. The summed E-state index contributed by atoms with van der Waals surface area (Å²) in [7, 11) is 1.72. The van der Waals surface area contributed by atoms with E-state index in [4.69, 9.17) is 22.3 Å². The number of aliphatic imine (C=N–C) groups is 1. The van der Waals surface area contributed by atoms with Gasteiger partial charge in [-0.25, -0.2) is 0 Å². The van der Waals surface area contributed by atoms with E-state index in [-0.39, 0.29) is 18.2 Å². The first-order valence-electron chi connectivity index (χ1n) is 10.3. The summed E-state index contributed by atoms with van der Waals surface area (Å²) in [4.78, 5) is 31.5. The van der Waals surface area contributed by atoms with Gasteiger partial charge in [0.25, 0.3) is 0 Å². The van der Waals surface area contributed by atoms with Crippen molar-refractivity contribution in [3.63, 3.8) is 0 Å². The molecule has 4 rings (SSSR count). The molecule has 2 amide bonds. The Bertz CT molecular complexity index is 1180. The largest absolute Gasteiger partial charge is 0.330 e. The van der Waals surface area contributed by atoms with Crippen molar-refractivity contribution < 1.29 is 9.59 Å². The number of carbonyl (C=O) groups is 2. The average Bonchev–Trinajstić information content (AvgIpc) is 3.12. The van der Waals surface area contributed by atoms with Crippen molar-refractivity contribution in [3.05, 3.63) is 88.9 Å². The van der Waals surface area contributed by atoms with E-state index in [2.05, 4.69) is 5.32 Å². The third-order valence-electron chi connectivity index (χ3n) is 5.41. The van der Waals surface area contributed by atoms with Crippen molar-refractivity contribution in [2.75, 3.05) is 23.8 Å². The molecule has 1 heterocycles. The number of nitrogens with zero attached hydrogens (tertiary/aromatic N) is 2. The van der Waals surface area contributed by atoms with E-state index < -0.39 is 5.92 Å². The van der Waals surface area contributed by atoms with Crippen LogP contribution in [-0.4, -0.2) is 31.1 Å². The Kier molecular flexibility index (Phi) is 6.35. The number of hydrogen-bond donors (Lipinski definition) is 2. The van der Waals surface area contributed by atoms with E-state index in [0.29, 0.717) is 28.7 Å². The first kappa shape index (κ1) is 21.7. The van der Waals surface area contributed by atoms with Gasteiger partial charge in [0, 0.05) is 36.4 Å². The van der Waals surface area contributed by atoms with Crippen LogP contribution in [0.1, 0.15) is 23.5 Å². The van der Waals surface area contributed by atoms with Crippen molar-refractivity contribution >= 4 is 46.2 Å². The molecule has 3 aromatic carbocycles. The van der Waals surface area contributed by atoms with Gasteiger partial charge in [-0.1, -0.05) is 48.0 Å². The van der Waals surface area contributed by atoms with Crippen LogP contribution in [-0.2, 0) is 9.59 Å². The number of nitrogens with two attached hydrogens (primary N) is 1. The molecular formula is C25H23ClN4O2. The van der Waals surface area contributed by atoms with Gasteiger partial charge < -0.3 is 16.0 Å². The molecule has 1 aliphatic rings. The van der Waals surface area contributed by atoms with Crippen molar-refractivity contribution in [1.29, 1.82) is 0 Å². The van der Waals surface area contributed by atoms with E-state index in [1.54, 1.807) is 24.1 Å². The smallest absolute Gasteiger partial charge is 0.238 e. The van der Waals surface area contributed by atoms with Crippen LogP contribution in [0.4, 0.5) is 17.1 Å². The maximum atomic E-state index is 12.9. The second-order valence-corrected chi connectivity index (χ2v) is 7.96. The van der Waals surface area contributed by atoms with Gasteiger partial charge in [-0.2, -0.15) is 0 Å². The fourth-order valence-corrected chi connectivity index (χ4v) is 3.91. The number of amides is 2. The molecule has 0 bridgehead atoms. The van der Waals surface area contributed by atoms with E-state index in [9.17, 15) is 9.59 Å². The lowest BCUT2D eigenvalue weighted by atomic mass is 9.90. The van der Waals surface area contributed by atoms with Crippen molar-refractivity contribution in [1.82, 2.24) is 0 Å². The first-order chi connectivity index (χ1) is 15.5. The van der Waals surface area contributed by atoms with Crippen LogP contribution in [0.2, 0.25) is 5.02 Å². The van der Waals surface area contributed by atoms with Crippen LogP contribution in [0.3, 0.4) is 0 Å². The highest BCUT2D eigenvalue weighted by Crippen LogP contribution is 2.37. The fraction of sp³-hybridized carbons (Fsp3) is 0.160. The minimum atomic E-state index is -0.557. The molecule has 32 heavy (non-hydrogen) atoms. The maximum absolute atomic E-state index is 12.9. The normalized spacial score (nSPS) is 15.3. The van der Waals surface area contributed by atoms with Gasteiger partial charge in [0.1, 0.15) is 5.92 Å². The maximum Gasteiger partial charge on any atom is 0.238 e. The van der Waals surface area contributed by atoms with Gasteiger partial charge in [-0.3, -0.25) is 14.6 Å². The summed E-state index contributed by atoms with van der Waals surface area (Å²) in [6.07, 6.45) is 0.286. The second-order valence-electron chi connectivity index (χ2n) is 7.52. The highest BCUT2D eigenvalue weighted by molar-refractivity contribution is 6.31. The SMILES string of the molecule is CN(C(=O)CCN)c1ccc(N=C(c2ccccc2)C2C(=O)Nc3cc(Cl)ccc32)cc1. The average molecular weight is 447 g/mol. The summed E-state index contributed by atoms with van der Waals surface area (Å²) in [6.45, 7) is 0.308. The van der Waals surface area contributed by atoms with Crippen molar-refractivity contribution in [3.8, 4) is 0 Å². The molecule has 0 saturated carbocycles. The van der Waals surface area contributed by atoms with Crippen LogP contribution in [0.15, 0.2) is 77.8 Å². The third kappa shape index (κ3) is 4.42. The predicted molar refractivity (Wildman–Crippen MR) is 129 cm³/mol. The third-order valence-corrected chi connectivity index (χ3v) is 5.64. The number of hydrogen-bond acceptors (Lipinski definition) is 4. The molecular weight excluding hydrogens is 424 g/mol. The summed E-state index contributed by atoms with van der Waals surface area (Å²) in [5.74, 6) is -0.752. The lowest BCUT2D eigenvalue weighted by molar-refractivity contribution is -0.118. The molecule has 0 saturated heterocycles. The zero-order valence-electron chi connectivity index (χ0n) is 17.6. The molecule has 162 valence electrons. The van der Waals surface area contributed by atoms with Crippen molar-refractivity contribution in [2.45, 2.75) is 12.3 Å². The number of carbonyl (C=O) groups excluding carboxylic acids is 2. The molecule has 0 radical (unpaired) electrons. The Balaban J connectivity index is 1.73. The highest BCUT2D eigenvalue weighted by atomic mass is 35.5. The number of benzene rings is 3. The Labute approximate surface area is 191 Å². The summed E-state index contributed by atoms with van der Waals surface area (Å²) in [5, 5.41) is 3.48. The van der Waals surface area contributed by atoms with Gasteiger partial charge in [0.2, 0.25) is 11.8 Å². The molecule has 0 aromatic heterocycles. The number of halogens is 1. The van der Waals surface area contributed by atoms with Crippen LogP contribution < -0.4 is 16.0 Å². The van der Waals surface area contributed by atoms with E-state index in [1.807, 2.05) is 60.7 Å². The summed E-state index contributed by atoms with van der Waals surface area (Å²) in [5.41, 5.74) is 9.96. The summed E-state index contributed by atoms with van der Waals surface area (Å²) in [6, 6.07) is 22.4. The fourth-order valence-electron chi connectivity index (χ4n) is 3.74. The molecule has 3 aromatic rings. The Hall–Kier alpha value is -3.48. The van der Waals surface area contributed by atoms with Crippen LogP contribution >= 0.6 is 11.6 Å². The van der Waals surface area contributed by atoms with Gasteiger partial charge in [-0.15, -0.1) is 0 Å². The van der Waals surface area contributed by atoms with Crippen LogP contribution in [0.25, 0.3) is 0 Å².